The molecular formula is C55H68N10O5. The summed E-state index contributed by atoms with van der Waals surface area (Å²) < 4.78 is 4.75. The topological polar surface area (TPSA) is 179 Å². The summed E-state index contributed by atoms with van der Waals surface area (Å²) >= 11 is 0. The molecule has 1 amide bonds. The van der Waals surface area contributed by atoms with Crippen LogP contribution in [-0.4, -0.2) is 121 Å². The molecule has 5 aromatic rings. The molecule has 70 heavy (non-hydrogen) atoms. The summed E-state index contributed by atoms with van der Waals surface area (Å²) in [5, 5.41) is 12.8. The summed E-state index contributed by atoms with van der Waals surface area (Å²) in [6.45, 7) is 14.1. The lowest BCUT2D eigenvalue weighted by molar-refractivity contribution is -0.125. The highest BCUT2D eigenvalue weighted by Gasteiger charge is 2.26. The number of esters is 1. The third-order valence-electron chi connectivity index (χ3n) is 12.0. The number of Topliss-reactive ketones (excluding diaryl/α,β-unsaturated/α-hetero) is 1. The van der Waals surface area contributed by atoms with E-state index in [1.165, 1.54) is 67.2 Å². The van der Waals surface area contributed by atoms with Crippen LogP contribution in [0.1, 0.15) is 114 Å². The van der Waals surface area contributed by atoms with Gasteiger partial charge < -0.3 is 25.0 Å². The van der Waals surface area contributed by atoms with Gasteiger partial charge in [-0.1, -0.05) is 31.4 Å². The minimum Gasteiger partial charge on any atom is -0.462 e. The number of aliphatic imine (C=N–C) groups is 1. The fourth-order valence-corrected chi connectivity index (χ4v) is 8.31. The van der Waals surface area contributed by atoms with Gasteiger partial charge in [0.25, 0.3) is 0 Å². The van der Waals surface area contributed by atoms with Crippen LogP contribution in [0.3, 0.4) is 0 Å². The summed E-state index contributed by atoms with van der Waals surface area (Å²) in [6.07, 6.45) is 30.5. The molecule has 10 rings (SSSR count). The lowest BCUT2D eigenvalue weighted by Gasteiger charge is -2.18. The predicted molar refractivity (Wildman–Crippen MR) is 273 cm³/mol. The zero-order valence-electron chi connectivity index (χ0n) is 40.7. The summed E-state index contributed by atoms with van der Waals surface area (Å²) in [5.41, 5.74) is 7.44. The number of hydrogen-bond acceptors (Lipinski definition) is 14. The molecular weight excluding hydrogens is 881 g/mol. The second-order valence-corrected chi connectivity index (χ2v) is 16.6. The van der Waals surface area contributed by atoms with Crippen LogP contribution in [0, 0.1) is 0 Å². The Morgan fingerprint density at radius 1 is 0.729 bits per heavy atom. The second kappa shape index (κ2) is 30.4. The van der Waals surface area contributed by atoms with E-state index in [0.717, 1.165) is 32.5 Å². The van der Waals surface area contributed by atoms with Gasteiger partial charge in [0.05, 0.1) is 24.5 Å². The number of hydrogen-bond donors (Lipinski definition) is 2. The van der Waals surface area contributed by atoms with E-state index in [9.17, 15) is 19.5 Å². The summed E-state index contributed by atoms with van der Waals surface area (Å²) in [6, 6.07) is 20.3. The summed E-state index contributed by atoms with van der Waals surface area (Å²) in [4.78, 5) is 64.1. The van der Waals surface area contributed by atoms with Gasteiger partial charge in [0, 0.05) is 123 Å². The fraction of sp³-hybridized carbons (Fsp3) is 0.364. The molecule has 0 aromatic carbocycles. The van der Waals surface area contributed by atoms with E-state index in [0.29, 0.717) is 60.5 Å². The number of aliphatic hydroxyl groups is 1. The van der Waals surface area contributed by atoms with Crippen molar-refractivity contribution in [2.75, 3.05) is 53.0 Å². The maximum Gasteiger partial charge on any atom is 0.339 e. The Morgan fingerprint density at radius 2 is 1.37 bits per heavy atom. The average Bonchev–Trinajstić information content (AvgIpc) is 4.31. The number of carbonyl (C=O) groups excluding carboxylic acids is 3. The fourth-order valence-electron chi connectivity index (χ4n) is 8.31. The van der Waals surface area contributed by atoms with Gasteiger partial charge in [-0.25, -0.2) is 4.79 Å². The first-order chi connectivity index (χ1) is 34.3. The molecule has 10 heterocycles. The Hall–Kier alpha value is -7.07. The number of ether oxygens (including phenoxy) is 1. The third-order valence-corrected chi connectivity index (χ3v) is 12.0. The molecule has 3 saturated heterocycles. The van der Waals surface area contributed by atoms with Crippen LogP contribution in [-0.2, 0) is 9.53 Å². The number of nitrogens with one attached hydrogen (secondary N) is 1. The number of aromatic nitrogens is 5. The zero-order chi connectivity index (χ0) is 49.8. The number of nitrogens with zero attached hydrogens (tertiary/aromatic N) is 9. The van der Waals surface area contributed by atoms with Crippen LogP contribution in [0.15, 0.2) is 164 Å². The predicted octanol–water partition coefficient (Wildman–Crippen LogP) is 8.39. The highest BCUT2D eigenvalue weighted by molar-refractivity contribution is 6.09. The molecule has 368 valence electrons. The molecule has 0 unspecified atom stereocenters. The van der Waals surface area contributed by atoms with Gasteiger partial charge in [-0.05, 0) is 144 Å². The van der Waals surface area contributed by atoms with E-state index in [2.05, 4.69) is 78.5 Å². The quantitative estimate of drug-likeness (QED) is 0.101. The molecule has 15 nitrogen and oxygen atoms in total. The first-order valence-corrected chi connectivity index (χ1v) is 24.1. The van der Waals surface area contributed by atoms with Crippen LogP contribution in [0.2, 0.25) is 0 Å². The number of likely N-dealkylation sites (tertiary alicyclic amines) is 2. The van der Waals surface area contributed by atoms with E-state index >= 15 is 0 Å². The van der Waals surface area contributed by atoms with Gasteiger partial charge in [0.15, 0.2) is 5.78 Å². The maximum absolute atomic E-state index is 12.2. The normalized spacial score (nSPS) is 17.9. The van der Waals surface area contributed by atoms with E-state index in [1.54, 1.807) is 73.3 Å². The number of amides is 1. The molecule has 2 N–H and O–H groups in total. The Bertz CT molecular complexity index is 2400. The van der Waals surface area contributed by atoms with E-state index in [-0.39, 0.29) is 24.3 Å². The van der Waals surface area contributed by atoms with Crippen molar-refractivity contribution in [1.29, 1.82) is 0 Å². The van der Waals surface area contributed by atoms with Gasteiger partial charge in [-0.2, -0.15) is 0 Å². The SMILES string of the molecule is C=CN1CCC(C(=O)c2cccnc2)=C1CO.C=CN1CCCC1=O.CCOC(=O)c1cccnc1.CN1CCC[C@H]1c1cccnc1.c1cncc(C2=NCCC2)c1.c1cncc([C@@H]2CCCN2)c1. The molecule has 0 spiro atoms. The number of pyridine rings is 5. The highest BCUT2D eigenvalue weighted by atomic mass is 16.5. The molecule has 0 radical (unpaired) electrons. The maximum atomic E-state index is 12.2. The Balaban J connectivity index is 0.000000159. The lowest BCUT2D eigenvalue weighted by atomic mass is 10.0. The molecule has 0 bridgehead atoms. The van der Waals surface area contributed by atoms with Crippen molar-refractivity contribution in [2.45, 2.75) is 76.8 Å². The van der Waals surface area contributed by atoms with Crippen molar-refractivity contribution in [3.8, 4) is 0 Å². The number of aliphatic hydroxyl groups excluding tert-OH is 1. The standard InChI is InChI=1S/C13H14N2O2.C10H14N2.C9H12N2.C9H10N2.C8H9NO2.C6H9NO/c1-2-15-7-5-11(12(15)9-16)13(17)10-4-3-6-14-8-10;1-12-7-3-5-10(12)9-4-2-6-11-8-9;2*1-3-8(7-10-5-1)9-4-2-6-11-9;1-2-11-8(10)7-4-3-5-9-6-7;1-2-7-5-3-4-6(7)8/h2-4,6,8,16H,1,5,7,9H2;2,4,6,8,10H,3,5,7H2,1H3;1,3,5,7,9,11H,2,4,6H2;1,3,5,7H,2,4,6H2;3-6H,2H2,1H3;2H,1,3-5H2/t;10-;9-;;;/m.00.../s1. The first kappa shape index (κ1) is 53.9. The minimum atomic E-state index is -0.319. The second-order valence-electron chi connectivity index (χ2n) is 16.6. The van der Waals surface area contributed by atoms with Gasteiger partial charge in [-0.3, -0.25) is 44.4 Å². The molecule has 2 atom stereocenters. The highest BCUT2D eigenvalue weighted by Crippen LogP contribution is 2.29. The van der Waals surface area contributed by atoms with Crippen molar-refractivity contribution in [3.63, 3.8) is 0 Å². The van der Waals surface area contributed by atoms with Gasteiger partial charge >= 0.3 is 5.97 Å². The number of rotatable bonds is 10. The number of ketones is 1. The van der Waals surface area contributed by atoms with Crippen LogP contribution < -0.4 is 5.32 Å². The average molecular weight is 949 g/mol. The Kier molecular flexibility index (Phi) is 23.4. The van der Waals surface area contributed by atoms with E-state index in [1.807, 2.05) is 54.1 Å². The largest absolute Gasteiger partial charge is 0.462 e. The summed E-state index contributed by atoms with van der Waals surface area (Å²) in [7, 11) is 2.19. The molecule has 3 fully saturated rings. The van der Waals surface area contributed by atoms with Crippen LogP contribution in [0.4, 0.5) is 0 Å². The van der Waals surface area contributed by atoms with Crippen LogP contribution >= 0.6 is 0 Å². The molecule has 0 saturated carbocycles. The van der Waals surface area contributed by atoms with Gasteiger partial charge in [-0.15, -0.1) is 0 Å². The minimum absolute atomic E-state index is 0.0634. The summed E-state index contributed by atoms with van der Waals surface area (Å²) in [5.74, 6) is -0.174. The van der Waals surface area contributed by atoms with Crippen molar-refractivity contribution in [1.82, 2.24) is 44.9 Å². The Labute approximate surface area is 413 Å². The third kappa shape index (κ3) is 17.2. The van der Waals surface area contributed by atoms with Crippen LogP contribution in [0.25, 0.3) is 0 Å². The van der Waals surface area contributed by atoms with Gasteiger partial charge in [0.2, 0.25) is 5.91 Å². The molecule has 0 aliphatic carbocycles. The van der Waals surface area contributed by atoms with Crippen molar-refractivity contribution in [3.05, 3.63) is 187 Å². The van der Waals surface area contributed by atoms with Crippen molar-refractivity contribution >= 4 is 23.4 Å². The molecule has 5 aliphatic heterocycles. The van der Waals surface area contributed by atoms with Crippen molar-refractivity contribution in [2.24, 2.45) is 4.99 Å². The first-order valence-electron chi connectivity index (χ1n) is 24.1. The lowest BCUT2D eigenvalue weighted by Crippen LogP contribution is -2.17. The molecule has 5 aliphatic rings. The zero-order valence-corrected chi connectivity index (χ0v) is 40.7. The van der Waals surface area contributed by atoms with E-state index < -0.39 is 0 Å². The van der Waals surface area contributed by atoms with Gasteiger partial charge in [0.1, 0.15) is 0 Å². The van der Waals surface area contributed by atoms with Crippen LogP contribution in [0.5, 0.6) is 0 Å². The molecule has 5 aromatic heterocycles. The van der Waals surface area contributed by atoms with Crippen molar-refractivity contribution < 1.29 is 24.2 Å². The monoisotopic (exact) mass is 949 g/mol. The van der Waals surface area contributed by atoms with E-state index in [4.69, 9.17) is 4.74 Å². The smallest absolute Gasteiger partial charge is 0.339 e. The molecule has 15 heteroatoms. The Morgan fingerprint density at radius 3 is 1.84 bits per heavy atom. The number of carbonyl (C=O) groups is 3.